The van der Waals surface area contributed by atoms with Crippen molar-refractivity contribution < 1.29 is 19.0 Å². The van der Waals surface area contributed by atoms with Crippen molar-refractivity contribution >= 4 is 5.97 Å². The normalized spacial score (nSPS) is 26.5. The van der Waals surface area contributed by atoms with Crippen molar-refractivity contribution in [2.75, 3.05) is 19.8 Å². The Morgan fingerprint density at radius 3 is 2.58 bits per heavy atom. The van der Waals surface area contributed by atoms with E-state index in [1.165, 1.54) is 31.2 Å². The SMILES string of the molecule is O=C1OC(CN(Cc2ccc3c(c2)OCCO3)C2CCCC2)CC12CC2. The van der Waals surface area contributed by atoms with E-state index in [-0.39, 0.29) is 17.5 Å². The highest BCUT2D eigenvalue weighted by Gasteiger charge is 2.57. The van der Waals surface area contributed by atoms with E-state index in [1.54, 1.807) is 0 Å². The molecule has 0 aromatic heterocycles. The number of rotatable bonds is 5. The maximum atomic E-state index is 12.1. The Morgan fingerprint density at radius 1 is 1.08 bits per heavy atom. The van der Waals surface area contributed by atoms with E-state index >= 15 is 0 Å². The second-order valence-corrected chi connectivity index (χ2v) is 8.36. The smallest absolute Gasteiger partial charge is 0.312 e. The lowest BCUT2D eigenvalue weighted by Gasteiger charge is -2.31. The molecule has 0 radical (unpaired) electrons. The molecule has 1 spiro atoms. The van der Waals surface area contributed by atoms with Crippen LogP contribution in [0, 0.1) is 5.41 Å². The predicted octanol–water partition coefficient (Wildman–Crippen LogP) is 3.30. The third-order valence-electron chi connectivity index (χ3n) is 6.45. The molecule has 5 rings (SSSR count). The lowest BCUT2D eigenvalue weighted by atomic mass is 10.0. The van der Waals surface area contributed by atoms with Crippen LogP contribution in [0.15, 0.2) is 18.2 Å². The van der Waals surface area contributed by atoms with Crippen molar-refractivity contribution in [2.24, 2.45) is 5.41 Å². The van der Waals surface area contributed by atoms with Crippen molar-refractivity contribution in [3.63, 3.8) is 0 Å². The Morgan fingerprint density at radius 2 is 1.85 bits per heavy atom. The lowest BCUT2D eigenvalue weighted by Crippen LogP contribution is -2.38. The van der Waals surface area contributed by atoms with Gasteiger partial charge in [0.05, 0.1) is 5.41 Å². The molecule has 1 saturated heterocycles. The topological polar surface area (TPSA) is 48.0 Å². The summed E-state index contributed by atoms with van der Waals surface area (Å²) in [6.45, 7) is 2.97. The van der Waals surface area contributed by atoms with Gasteiger partial charge in [0.25, 0.3) is 0 Å². The van der Waals surface area contributed by atoms with Crippen molar-refractivity contribution in [2.45, 2.75) is 63.6 Å². The van der Waals surface area contributed by atoms with Gasteiger partial charge in [-0.25, -0.2) is 0 Å². The fraction of sp³-hybridized carbons (Fsp3) is 0.667. The second-order valence-electron chi connectivity index (χ2n) is 8.36. The summed E-state index contributed by atoms with van der Waals surface area (Å²) in [5.41, 5.74) is 1.13. The Labute approximate surface area is 154 Å². The quantitative estimate of drug-likeness (QED) is 0.757. The molecule has 2 saturated carbocycles. The summed E-state index contributed by atoms with van der Waals surface area (Å²) in [6, 6.07) is 6.86. The van der Waals surface area contributed by atoms with Crippen LogP contribution in [0.5, 0.6) is 11.5 Å². The average Bonchev–Trinajstić information content (AvgIpc) is 3.10. The molecule has 5 heteroatoms. The molecule has 0 N–H and O–H groups in total. The summed E-state index contributed by atoms with van der Waals surface area (Å²) in [5, 5.41) is 0. The summed E-state index contributed by atoms with van der Waals surface area (Å²) in [7, 11) is 0. The van der Waals surface area contributed by atoms with Crippen molar-refractivity contribution in [3.8, 4) is 11.5 Å². The fourth-order valence-corrected chi connectivity index (χ4v) is 4.79. The number of carbonyl (C=O) groups excluding carboxylic acids is 1. The largest absolute Gasteiger partial charge is 0.486 e. The van der Waals surface area contributed by atoms with Gasteiger partial charge in [0.2, 0.25) is 0 Å². The van der Waals surface area contributed by atoms with E-state index in [9.17, 15) is 4.79 Å². The van der Waals surface area contributed by atoms with E-state index in [4.69, 9.17) is 14.2 Å². The molecule has 1 atom stereocenters. The van der Waals surface area contributed by atoms with E-state index < -0.39 is 0 Å². The summed E-state index contributed by atoms with van der Waals surface area (Å²) in [6.07, 6.45) is 8.11. The standard InChI is InChI=1S/C21H27NO4/c23-20-21(7-8-21)12-17(26-20)14-22(16-3-1-2-4-16)13-15-5-6-18-19(11-15)25-10-9-24-18/h5-6,11,16-17H,1-4,7-10,12-14H2. The van der Waals surface area contributed by atoms with E-state index in [0.717, 1.165) is 43.9 Å². The van der Waals surface area contributed by atoms with Crippen LogP contribution < -0.4 is 9.47 Å². The monoisotopic (exact) mass is 357 g/mol. The maximum absolute atomic E-state index is 12.1. The first kappa shape index (κ1) is 16.4. The van der Waals surface area contributed by atoms with Gasteiger partial charge in [0.15, 0.2) is 11.5 Å². The molecule has 1 aromatic rings. The average molecular weight is 357 g/mol. The van der Waals surface area contributed by atoms with Crippen LogP contribution in [-0.2, 0) is 16.1 Å². The first-order valence-electron chi connectivity index (χ1n) is 10.1. The Hall–Kier alpha value is -1.75. The number of benzene rings is 1. The van der Waals surface area contributed by atoms with Crippen LogP contribution in [-0.4, -0.2) is 42.8 Å². The van der Waals surface area contributed by atoms with Gasteiger partial charge in [-0.1, -0.05) is 18.9 Å². The van der Waals surface area contributed by atoms with E-state index in [1.807, 2.05) is 6.07 Å². The summed E-state index contributed by atoms with van der Waals surface area (Å²) in [5.74, 6) is 1.74. The molecule has 140 valence electrons. The number of hydrogen-bond acceptors (Lipinski definition) is 5. The van der Waals surface area contributed by atoms with E-state index in [0.29, 0.717) is 19.3 Å². The van der Waals surface area contributed by atoms with Crippen LogP contribution in [0.2, 0.25) is 0 Å². The number of fused-ring (bicyclic) bond motifs is 1. The molecule has 5 nitrogen and oxygen atoms in total. The molecule has 2 aliphatic heterocycles. The van der Waals surface area contributed by atoms with Crippen LogP contribution in [0.3, 0.4) is 0 Å². The molecule has 2 aliphatic carbocycles. The molecule has 0 amide bonds. The second kappa shape index (κ2) is 6.45. The first-order valence-corrected chi connectivity index (χ1v) is 10.1. The zero-order valence-corrected chi connectivity index (χ0v) is 15.2. The van der Waals surface area contributed by atoms with Crippen LogP contribution in [0.4, 0.5) is 0 Å². The van der Waals surface area contributed by atoms with Gasteiger partial charge < -0.3 is 14.2 Å². The van der Waals surface area contributed by atoms with E-state index in [2.05, 4.69) is 17.0 Å². The summed E-state index contributed by atoms with van der Waals surface area (Å²) in [4.78, 5) is 14.7. The van der Waals surface area contributed by atoms with Crippen molar-refractivity contribution in [1.82, 2.24) is 4.90 Å². The van der Waals surface area contributed by atoms with Gasteiger partial charge in [-0.2, -0.15) is 0 Å². The highest BCUT2D eigenvalue weighted by molar-refractivity contribution is 5.82. The molecule has 0 bridgehead atoms. The molecule has 3 fully saturated rings. The number of esters is 1. The number of ether oxygens (including phenoxy) is 3. The molecule has 2 heterocycles. The van der Waals surface area contributed by atoms with Gasteiger partial charge >= 0.3 is 5.97 Å². The molecule has 1 aromatic carbocycles. The molecule has 26 heavy (non-hydrogen) atoms. The van der Waals surface area contributed by atoms with Gasteiger partial charge in [-0.3, -0.25) is 9.69 Å². The number of carbonyl (C=O) groups is 1. The molecule has 4 aliphatic rings. The van der Waals surface area contributed by atoms with Gasteiger partial charge in [0, 0.05) is 25.6 Å². The van der Waals surface area contributed by atoms with Gasteiger partial charge in [-0.15, -0.1) is 0 Å². The Kier molecular flexibility index (Phi) is 4.07. The van der Waals surface area contributed by atoms with Crippen molar-refractivity contribution in [3.05, 3.63) is 23.8 Å². The first-order chi connectivity index (χ1) is 12.7. The third kappa shape index (κ3) is 3.07. The number of nitrogens with zero attached hydrogens (tertiary/aromatic N) is 1. The van der Waals surface area contributed by atoms with Crippen LogP contribution in [0.1, 0.15) is 50.5 Å². The number of hydrogen-bond donors (Lipinski definition) is 0. The molecular weight excluding hydrogens is 330 g/mol. The minimum Gasteiger partial charge on any atom is -0.486 e. The molecule has 1 unspecified atom stereocenters. The van der Waals surface area contributed by atoms with Crippen molar-refractivity contribution in [1.29, 1.82) is 0 Å². The maximum Gasteiger partial charge on any atom is 0.312 e. The lowest BCUT2D eigenvalue weighted by molar-refractivity contribution is -0.146. The highest BCUT2D eigenvalue weighted by Crippen LogP contribution is 2.55. The molecular formula is C21H27NO4. The highest BCUT2D eigenvalue weighted by atomic mass is 16.6. The predicted molar refractivity (Wildman–Crippen MR) is 96.3 cm³/mol. The van der Waals surface area contributed by atoms with Crippen LogP contribution in [0.25, 0.3) is 0 Å². The van der Waals surface area contributed by atoms with Crippen LogP contribution >= 0.6 is 0 Å². The Balaban J connectivity index is 1.31. The Bertz CT molecular complexity index is 693. The zero-order chi connectivity index (χ0) is 17.6. The number of cyclic esters (lactones) is 1. The summed E-state index contributed by atoms with van der Waals surface area (Å²) < 4.78 is 17.1. The minimum atomic E-state index is -0.108. The minimum absolute atomic E-state index is 0.0493. The summed E-state index contributed by atoms with van der Waals surface area (Å²) >= 11 is 0. The third-order valence-corrected chi connectivity index (χ3v) is 6.45. The van der Waals surface area contributed by atoms with Gasteiger partial charge in [-0.05, 0) is 43.4 Å². The van der Waals surface area contributed by atoms with Gasteiger partial charge in [0.1, 0.15) is 19.3 Å². The fourth-order valence-electron chi connectivity index (χ4n) is 4.79. The zero-order valence-electron chi connectivity index (χ0n) is 15.2.